The molecule has 0 spiro atoms. The summed E-state index contributed by atoms with van der Waals surface area (Å²) in [5, 5.41) is 0.858. The summed E-state index contributed by atoms with van der Waals surface area (Å²) in [6.07, 6.45) is 5.47. The maximum Gasteiger partial charge on any atom is 0.340 e. The Morgan fingerprint density at radius 2 is 1.92 bits per heavy atom. The first-order valence-electron chi connectivity index (χ1n) is 9.67. The number of ether oxygens (including phenoxy) is 1. The first kappa shape index (κ1) is 17.5. The van der Waals surface area contributed by atoms with Gasteiger partial charge in [-0.15, -0.1) is 0 Å². The van der Waals surface area contributed by atoms with E-state index in [4.69, 9.17) is 4.74 Å². The fourth-order valence-electron chi connectivity index (χ4n) is 4.93. The Balaban J connectivity index is 1.60. The Bertz CT molecular complexity index is 802. The molecule has 3 heterocycles. The van der Waals surface area contributed by atoms with Crippen molar-refractivity contribution in [1.29, 1.82) is 0 Å². The van der Waals surface area contributed by atoms with E-state index < -0.39 is 6.67 Å². The van der Waals surface area contributed by atoms with Crippen LogP contribution in [-0.2, 0) is 11.3 Å². The monoisotopic (exact) mass is 358 g/mol. The van der Waals surface area contributed by atoms with Crippen LogP contribution in [0.15, 0.2) is 24.3 Å². The predicted molar refractivity (Wildman–Crippen MR) is 100 cm³/mol. The van der Waals surface area contributed by atoms with Crippen LogP contribution < -0.4 is 0 Å². The molecule has 4 nitrogen and oxygen atoms in total. The molecule has 2 bridgehead atoms. The number of alkyl halides is 1. The van der Waals surface area contributed by atoms with Crippen LogP contribution in [0.25, 0.3) is 10.9 Å². The molecule has 3 atom stereocenters. The van der Waals surface area contributed by atoms with Crippen LogP contribution in [0.2, 0.25) is 0 Å². The standard InChI is InChI=1S/C21H27FN2O2/c1-14-20(18-8-3-4-9-19(18)24(14)11-10-22)21(25)26-17-12-15-6-5-7-16(13-17)23(15)2/h3-4,8-9,15-17H,5-7,10-13H2,1-2H3/t15-,16+,17-. The van der Waals surface area contributed by atoms with Crippen molar-refractivity contribution in [1.82, 2.24) is 9.47 Å². The van der Waals surface area contributed by atoms with Crippen molar-refractivity contribution in [3.63, 3.8) is 0 Å². The second kappa shape index (κ2) is 7.03. The maximum atomic E-state index is 13.0. The van der Waals surface area contributed by atoms with E-state index in [0.717, 1.165) is 29.4 Å². The van der Waals surface area contributed by atoms with E-state index in [1.165, 1.54) is 19.3 Å². The van der Waals surface area contributed by atoms with Gasteiger partial charge in [-0.3, -0.25) is 0 Å². The van der Waals surface area contributed by atoms with Gasteiger partial charge in [0.05, 0.1) is 12.1 Å². The molecule has 2 fully saturated rings. The molecule has 2 saturated heterocycles. The molecule has 5 heteroatoms. The van der Waals surface area contributed by atoms with Gasteiger partial charge in [0, 0.05) is 41.5 Å². The largest absolute Gasteiger partial charge is 0.459 e. The summed E-state index contributed by atoms with van der Waals surface area (Å²) in [7, 11) is 2.20. The van der Waals surface area contributed by atoms with Crippen LogP contribution in [0.4, 0.5) is 4.39 Å². The topological polar surface area (TPSA) is 34.5 Å². The highest BCUT2D eigenvalue weighted by Crippen LogP contribution is 2.35. The number of carbonyl (C=O) groups is 1. The van der Waals surface area contributed by atoms with E-state index in [-0.39, 0.29) is 18.6 Å². The summed E-state index contributed by atoms with van der Waals surface area (Å²) >= 11 is 0. The van der Waals surface area contributed by atoms with E-state index in [1.807, 2.05) is 35.8 Å². The van der Waals surface area contributed by atoms with Gasteiger partial charge in [0.2, 0.25) is 0 Å². The third-order valence-corrected chi connectivity index (χ3v) is 6.31. The van der Waals surface area contributed by atoms with Crippen molar-refractivity contribution in [3.05, 3.63) is 35.5 Å². The number of carbonyl (C=O) groups excluding carboxylic acids is 1. The molecular weight excluding hydrogens is 331 g/mol. The lowest BCUT2D eigenvalue weighted by Gasteiger charge is -2.46. The third kappa shape index (κ3) is 2.92. The summed E-state index contributed by atoms with van der Waals surface area (Å²) in [5.74, 6) is -0.260. The molecule has 2 aliphatic rings. The zero-order valence-corrected chi connectivity index (χ0v) is 15.6. The van der Waals surface area contributed by atoms with Crippen molar-refractivity contribution in [3.8, 4) is 0 Å². The average Bonchev–Trinajstić information content (AvgIpc) is 2.88. The fraction of sp³-hybridized carbons (Fsp3) is 0.571. The Labute approximate surface area is 153 Å². The Kier molecular flexibility index (Phi) is 4.74. The number of benzene rings is 1. The van der Waals surface area contributed by atoms with Gasteiger partial charge < -0.3 is 14.2 Å². The molecule has 0 radical (unpaired) electrons. The highest BCUT2D eigenvalue weighted by atomic mass is 19.1. The lowest BCUT2D eigenvalue weighted by Crippen LogP contribution is -2.52. The van der Waals surface area contributed by atoms with Crippen LogP contribution in [0.3, 0.4) is 0 Å². The van der Waals surface area contributed by atoms with Gasteiger partial charge in [0.25, 0.3) is 0 Å². The normalized spacial score (nSPS) is 26.2. The number of para-hydroxylation sites is 1. The number of esters is 1. The molecule has 2 aliphatic heterocycles. The maximum absolute atomic E-state index is 13.0. The summed E-state index contributed by atoms with van der Waals surface area (Å²) in [5.41, 5.74) is 2.29. The summed E-state index contributed by atoms with van der Waals surface area (Å²) in [6, 6.07) is 8.75. The predicted octanol–water partition coefficient (Wildman–Crippen LogP) is 4.09. The molecule has 140 valence electrons. The Hall–Kier alpha value is -1.88. The van der Waals surface area contributed by atoms with E-state index in [2.05, 4.69) is 11.9 Å². The van der Waals surface area contributed by atoms with Crippen LogP contribution >= 0.6 is 0 Å². The first-order chi connectivity index (χ1) is 12.6. The number of hydrogen-bond donors (Lipinski definition) is 0. The number of nitrogens with zero attached hydrogens (tertiary/aromatic N) is 2. The molecular formula is C21H27FN2O2. The van der Waals surface area contributed by atoms with Gasteiger partial charge in [0.1, 0.15) is 12.8 Å². The number of aromatic nitrogens is 1. The molecule has 2 aromatic rings. The first-order valence-corrected chi connectivity index (χ1v) is 9.67. The summed E-state index contributed by atoms with van der Waals surface area (Å²) in [4.78, 5) is 15.5. The SMILES string of the molecule is Cc1c(C(=O)O[C@@H]2C[C@H]3CCC[C@@H](C2)N3C)c2ccccc2n1CCF. The van der Waals surface area contributed by atoms with Crippen molar-refractivity contribution < 1.29 is 13.9 Å². The van der Waals surface area contributed by atoms with E-state index in [1.54, 1.807) is 0 Å². The molecule has 0 aliphatic carbocycles. The van der Waals surface area contributed by atoms with Gasteiger partial charge in [-0.05, 0) is 32.9 Å². The number of rotatable bonds is 4. The average molecular weight is 358 g/mol. The van der Waals surface area contributed by atoms with Crippen molar-refractivity contribution >= 4 is 16.9 Å². The van der Waals surface area contributed by atoms with E-state index in [0.29, 0.717) is 17.6 Å². The van der Waals surface area contributed by atoms with Gasteiger partial charge >= 0.3 is 5.97 Å². The summed E-state index contributed by atoms with van der Waals surface area (Å²) in [6.45, 7) is 1.69. The minimum absolute atomic E-state index is 0.0170. The molecule has 1 aromatic carbocycles. The molecule has 0 unspecified atom stereocenters. The third-order valence-electron chi connectivity index (χ3n) is 6.31. The second-order valence-electron chi connectivity index (χ2n) is 7.72. The van der Waals surface area contributed by atoms with Crippen LogP contribution in [-0.4, -0.2) is 47.3 Å². The lowest BCUT2D eigenvalue weighted by atomic mass is 9.83. The highest BCUT2D eigenvalue weighted by Gasteiger charge is 2.38. The molecule has 0 amide bonds. The van der Waals surface area contributed by atoms with Gasteiger partial charge in [0.15, 0.2) is 0 Å². The van der Waals surface area contributed by atoms with Gasteiger partial charge in [-0.2, -0.15) is 0 Å². The van der Waals surface area contributed by atoms with Crippen molar-refractivity contribution in [2.45, 2.75) is 63.8 Å². The number of fused-ring (bicyclic) bond motifs is 3. The smallest absolute Gasteiger partial charge is 0.340 e. The molecule has 0 N–H and O–H groups in total. The number of aryl methyl sites for hydroxylation is 1. The Morgan fingerprint density at radius 1 is 1.23 bits per heavy atom. The van der Waals surface area contributed by atoms with Crippen molar-refractivity contribution in [2.75, 3.05) is 13.7 Å². The van der Waals surface area contributed by atoms with Crippen LogP contribution in [0, 0.1) is 6.92 Å². The van der Waals surface area contributed by atoms with Crippen LogP contribution in [0.5, 0.6) is 0 Å². The zero-order valence-electron chi connectivity index (χ0n) is 15.6. The molecule has 26 heavy (non-hydrogen) atoms. The van der Waals surface area contributed by atoms with Gasteiger partial charge in [-0.1, -0.05) is 24.6 Å². The fourth-order valence-corrected chi connectivity index (χ4v) is 4.93. The molecule has 1 aromatic heterocycles. The zero-order chi connectivity index (χ0) is 18.3. The summed E-state index contributed by atoms with van der Waals surface area (Å²) < 4.78 is 20.9. The van der Waals surface area contributed by atoms with E-state index >= 15 is 0 Å². The molecule has 0 saturated carbocycles. The van der Waals surface area contributed by atoms with Crippen molar-refractivity contribution in [2.24, 2.45) is 0 Å². The Morgan fingerprint density at radius 3 is 2.62 bits per heavy atom. The van der Waals surface area contributed by atoms with Crippen LogP contribution in [0.1, 0.15) is 48.2 Å². The lowest BCUT2D eigenvalue weighted by molar-refractivity contribution is -0.0318. The molecule has 4 rings (SSSR count). The number of halogens is 1. The highest BCUT2D eigenvalue weighted by molar-refractivity contribution is 6.06. The van der Waals surface area contributed by atoms with Gasteiger partial charge in [-0.25, -0.2) is 9.18 Å². The minimum atomic E-state index is -0.452. The quantitative estimate of drug-likeness (QED) is 0.772. The number of piperidine rings is 2. The second-order valence-corrected chi connectivity index (χ2v) is 7.72. The number of hydrogen-bond acceptors (Lipinski definition) is 3. The minimum Gasteiger partial charge on any atom is -0.459 e. The van der Waals surface area contributed by atoms with E-state index in [9.17, 15) is 9.18 Å².